The van der Waals surface area contributed by atoms with Crippen LogP contribution in [0.25, 0.3) is 0 Å². The maximum absolute atomic E-state index is 2.75. The maximum Gasteiger partial charge on any atom is 0.0916 e. The van der Waals surface area contributed by atoms with Crippen molar-refractivity contribution < 1.29 is 42.9 Å². The zero-order chi connectivity index (χ0) is 15.6. The maximum atomic E-state index is 2.75. The van der Waals surface area contributed by atoms with Crippen LogP contribution in [0.1, 0.15) is 32.1 Å². The minimum Gasteiger partial charge on any atom is -1.00 e. The molecule has 0 aliphatic carbocycles. The van der Waals surface area contributed by atoms with E-state index in [9.17, 15) is 0 Å². The van der Waals surface area contributed by atoms with Crippen LogP contribution in [0.2, 0.25) is 0 Å². The molecule has 0 aromatic heterocycles. The van der Waals surface area contributed by atoms with Crippen LogP contribution in [0.15, 0.2) is 0 Å². The van der Waals surface area contributed by atoms with E-state index in [0.717, 1.165) is 0 Å². The van der Waals surface area contributed by atoms with Crippen LogP contribution in [0.3, 0.4) is 0 Å². The number of rotatable bonds is 4. The average Bonchev–Trinajstić information content (AvgIpc) is 3.22. The molecule has 148 valence electrons. The largest absolute Gasteiger partial charge is 1.00 e. The van der Waals surface area contributed by atoms with Crippen molar-refractivity contribution in [2.24, 2.45) is 0 Å². The molecule has 0 atom stereocenters. The van der Waals surface area contributed by atoms with Crippen LogP contribution in [0, 0.1) is 0 Å². The van der Waals surface area contributed by atoms with Crippen LogP contribution >= 0.6 is 0 Å². The Morgan fingerprint density at radius 2 is 0.800 bits per heavy atom. The van der Waals surface area contributed by atoms with Gasteiger partial charge in [0.05, 0.1) is 52.4 Å². The van der Waals surface area contributed by atoms with Gasteiger partial charge in [-0.15, -0.1) is 0 Å². The van der Waals surface area contributed by atoms with E-state index >= 15 is 0 Å². The molecule has 2 spiro atoms. The molecule has 25 heavy (non-hydrogen) atoms. The SMILES string of the molecule is C(CN1CC[N+]2(CCCC2)CC1)CN1CC[N+]2(CCCC2)CC1.[Br-].[Br-]. The van der Waals surface area contributed by atoms with E-state index < -0.39 is 0 Å². The summed E-state index contributed by atoms with van der Waals surface area (Å²) in [5, 5.41) is 0. The fraction of sp³-hybridized carbons (Fsp3) is 1.00. The summed E-state index contributed by atoms with van der Waals surface area (Å²) in [6, 6.07) is 0. The van der Waals surface area contributed by atoms with Crippen molar-refractivity contribution in [1.82, 2.24) is 9.80 Å². The van der Waals surface area contributed by atoms with Crippen molar-refractivity contribution >= 4 is 0 Å². The summed E-state index contributed by atoms with van der Waals surface area (Å²) >= 11 is 0. The lowest BCUT2D eigenvalue weighted by atomic mass is 10.2. The summed E-state index contributed by atoms with van der Waals surface area (Å²) in [4.78, 5) is 5.50. The third-order valence-electron chi connectivity index (χ3n) is 7.54. The lowest BCUT2D eigenvalue weighted by Gasteiger charge is -2.43. The Bertz CT molecular complexity index is 339. The Morgan fingerprint density at radius 3 is 1.12 bits per heavy atom. The third kappa shape index (κ3) is 5.41. The minimum atomic E-state index is 0. The first-order valence-electron chi connectivity index (χ1n) is 10.4. The van der Waals surface area contributed by atoms with E-state index in [-0.39, 0.29) is 34.0 Å². The van der Waals surface area contributed by atoms with Gasteiger partial charge >= 0.3 is 0 Å². The van der Waals surface area contributed by atoms with Crippen molar-refractivity contribution in [1.29, 1.82) is 0 Å². The van der Waals surface area contributed by atoms with Gasteiger partial charge in [-0.25, -0.2) is 0 Å². The molecule has 0 radical (unpaired) electrons. The average molecular weight is 482 g/mol. The molecule has 6 heteroatoms. The van der Waals surface area contributed by atoms with Gasteiger partial charge in [0, 0.05) is 51.9 Å². The second-order valence-electron chi connectivity index (χ2n) is 8.92. The molecule has 0 aromatic rings. The van der Waals surface area contributed by atoms with Crippen molar-refractivity contribution in [3.63, 3.8) is 0 Å². The molecular formula is C19H38Br2N4. The molecule has 4 fully saturated rings. The predicted octanol–water partition coefficient (Wildman–Crippen LogP) is -4.76. The molecule has 4 aliphatic heterocycles. The van der Waals surface area contributed by atoms with E-state index in [1.54, 1.807) is 0 Å². The molecule has 4 heterocycles. The van der Waals surface area contributed by atoms with Gasteiger partial charge in [0.25, 0.3) is 0 Å². The van der Waals surface area contributed by atoms with Gasteiger partial charge in [0.15, 0.2) is 0 Å². The molecule has 0 unspecified atom stereocenters. The topological polar surface area (TPSA) is 6.48 Å². The van der Waals surface area contributed by atoms with Gasteiger partial charge in [-0.05, 0) is 19.5 Å². The van der Waals surface area contributed by atoms with Crippen molar-refractivity contribution in [2.75, 3.05) is 91.6 Å². The fourth-order valence-corrected chi connectivity index (χ4v) is 5.73. The van der Waals surface area contributed by atoms with E-state index in [1.807, 2.05) is 0 Å². The van der Waals surface area contributed by atoms with Crippen molar-refractivity contribution in [3.8, 4) is 0 Å². The highest BCUT2D eigenvalue weighted by Gasteiger charge is 2.36. The molecule has 4 aliphatic rings. The van der Waals surface area contributed by atoms with Crippen LogP contribution in [0.5, 0.6) is 0 Å². The van der Waals surface area contributed by atoms with Gasteiger partial charge in [0.1, 0.15) is 0 Å². The van der Waals surface area contributed by atoms with Gasteiger partial charge in [-0.1, -0.05) is 0 Å². The van der Waals surface area contributed by atoms with Crippen molar-refractivity contribution in [2.45, 2.75) is 32.1 Å². The number of quaternary nitrogens is 2. The zero-order valence-electron chi connectivity index (χ0n) is 16.0. The first-order valence-corrected chi connectivity index (χ1v) is 10.4. The smallest absolute Gasteiger partial charge is 0.0916 e. The van der Waals surface area contributed by atoms with Crippen LogP contribution in [-0.4, -0.2) is 110 Å². The molecular weight excluding hydrogens is 444 g/mol. The summed E-state index contributed by atoms with van der Waals surface area (Å²) in [5.41, 5.74) is 0. The summed E-state index contributed by atoms with van der Waals surface area (Å²) in [5.74, 6) is 0. The number of halogens is 2. The standard InChI is InChI=1S/C19H38N4.2BrH/c1-2-13-22(12-1)16-8-20(9-17-22)6-5-7-21-10-18-23(19-11-21)14-3-4-15-23;;/h1-19H2;2*1H/q+2;;/p-2. The fourth-order valence-electron chi connectivity index (χ4n) is 5.73. The summed E-state index contributed by atoms with van der Waals surface area (Å²) in [7, 11) is 0. The van der Waals surface area contributed by atoms with Gasteiger partial charge in [-0.3, -0.25) is 9.80 Å². The molecule has 4 rings (SSSR count). The second-order valence-corrected chi connectivity index (χ2v) is 8.92. The minimum absolute atomic E-state index is 0. The normalized spacial score (nSPS) is 28.8. The van der Waals surface area contributed by atoms with Gasteiger partial charge in [0.2, 0.25) is 0 Å². The van der Waals surface area contributed by atoms with Crippen LogP contribution in [0.4, 0.5) is 0 Å². The van der Waals surface area contributed by atoms with E-state index in [1.165, 1.54) is 133 Å². The molecule has 0 saturated carbocycles. The van der Waals surface area contributed by atoms with Crippen molar-refractivity contribution in [3.05, 3.63) is 0 Å². The number of hydrogen-bond acceptors (Lipinski definition) is 2. The predicted molar refractivity (Wildman–Crippen MR) is 95.4 cm³/mol. The number of piperazine rings is 2. The highest BCUT2D eigenvalue weighted by atomic mass is 79.9. The van der Waals surface area contributed by atoms with Gasteiger partial charge < -0.3 is 42.9 Å². The Labute approximate surface area is 176 Å². The Kier molecular flexibility index (Phi) is 8.69. The number of nitrogens with zero attached hydrogens (tertiary/aromatic N) is 4. The monoisotopic (exact) mass is 480 g/mol. The van der Waals surface area contributed by atoms with E-state index in [2.05, 4.69) is 9.80 Å². The van der Waals surface area contributed by atoms with Gasteiger partial charge in [-0.2, -0.15) is 0 Å². The summed E-state index contributed by atoms with van der Waals surface area (Å²) in [6.45, 7) is 19.8. The first-order chi connectivity index (χ1) is 11.3. The summed E-state index contributed by atoms with van der Waals surface area (Å²) < 4.78 is 2.92. The molecule has 0 aromatic carbocycles. The lowest BCUT2D eigenvalue weighted by Crippen LogP contribution is -3.00. The summed E-state index contributed by atoms with van der Waals surface area (Å²) in [6.07, 6.45) is 7.31. The zero-order valence-corrected chi connectivity index (χ0v) is 19.2. The lowest BCUT2D eigenvalue weighted by molar-refractivity contribution is -0.920. The molecule has 4 nitrogen and oxygen atoms in total. The number of hydrogen-bond donors (Lipinski definition) is 0. The Balaban J connectivity index is 0.00000113. The second kappa shape index (κ2) is 9.83. The quantitative estimate of drug-likeness (QED) is 0.372. The molecule has 4 saturated heterocycles. The van der Waals surface area contributed by atoms with Crippen LogP contribution < -0.4 is 34.0 Å². The van der Waals surface area contributed by atoms with Crippen LogP contribution in [-0.2, 0) is 0 Å². The van der Waals surface area contributed by atoms with E-state index in [4.69, 9.17) is 0 Å². The molecule has 0 bridgehead atoms. The Morgan fingerprint density at radius 1 is 0.480 bits per heavy atom. The first kappa shape index (κ1) is 22.1. The molecule has 0 N–H and O–H groups in total. The third-order valence-corrected chi connectivity index (χ3v) is 7.54. The Hall–Kier alpha value is 0.800. The highest BCUT2D eigenvalue weighted by molar-refractivity contribution is 4.71. The van der Waals surface area contributed by atoms with E-state index in [0.29, 0.717) is 0 Å². The highest BCUT2D eigenvalue weighted by Crippen LogP contribution is 2.23. The molecule has 0 amide bonds.